The van der Waals surface area contributed by atoms with Crippen molar-refractivity contribution in [3.63, 3.8) is 0 Å². The van der Waals surface area contributed by atoms with Crippen molar-refractivity contribution in [2.75, 3.05) is 0 Å². The molecule has 6 fully saturated rings. The van der Waals surface area contributed by atoms with Gasteiger partial charge in [0.2, 0.25) is 0 Å². The van der Waals surface area contributed by atoms with E-state index < -0.39 is 0 Å². The predicted molar refractivity (Wildman–Crippen MR) is 47.7 cm³/mol. The molecule has 6 rings (SSSR count). The Morgan fingerprint density at radius 3 is 2.54 bits per heavy atom. The van der Waals surface area contributed by atoms with Gasteiger partial charge < -0.3 is 5.11 Å². The summed E-state index contributed by atoms with van der Waals surface area (Å²) >= 11 is 0. The summed E-state index contributed by atoms with van der Waals surface area (Å²) in [6.07, 6.45) is 3.44. The Labute approximate surface area is 77.8 Å². The van der Waals surface area contributed by atoms with Gasteiger partial charge in [-0.15, -0.1) is 6.58 Å². The summed E-state index contributed by atoms with van der Waals surface area (Å²) in [6, 6.07) is 0. The molecule has 0 aromatic heterocycles. The maximum absolute atomic E-state index is 9.98. The zero-order valence-corrected chi connectivity index (χ0v) is 7.56. The van der Waals surface area contributed by atoms with Crippen LogP contribution in [0.1, 0.15) is 6.42 Å². The van der Waals surface area contributed by atoms with Crippen molar-refractivity contribution in [1.29, 1.82) is 0 Å². The third-order valence-electron chi connectivity index (χ3n) is 6.27. The fourth-order valence-corrected chi connectivity index (χ4v) is 6.34. The Balaban J connectivity index is 1.80. The van der Waals surface area contributed by atoms with Crippen LogP contribution < -0.4 is 0 Å². The lowest BCUT2D eigenvalue weighted by Gasteiger charge is -2.38. The van der Waals surface area contributed by atoms with E-state index in [0.717, 1.165) is 41.9 Å². The maximum Gasteiger partial charge on any atom is 0.0577 e. The molecule has 0 amide bonds. The zero-order valence-electron chi connectivity index (χ0n) is 7.56. The van der Waals surface area contributed by atoms with Gasteiger partial charge in [-0.3, -0.25) is 0 Å². The van der Waals surface area contributed by atoms with Crippen LogP contribution in [0.25, 0.3) is 0 Å². The van der Waals surface area contributed by atoms with Crippen LogP contribution in [0.2, 0.25) is 0 Å². The monoisotopic (exact) mass is 174 g/mol. The van der Waals surface area contributed by atoms with Gasteiger partial charge in [-0.2, -0.15) is 0 Å². The Hall–Kier alpha value is -0.300. The first-order chi connectivity index (χ1) is 6.32. The molecule has 0 aromatic rings. The van der Waals surface area contributed by atoms with Crippen LogP contribution in [0, 0.1) is 46.8 Å². The van der Waals surface area contributed by atoms with Crippen LogP contribution in [0.4, 0.5) is 0 Å². The van der Waals surface area contributed by atoms with E-state index in [2.05, 4.69) is 12.7 Å². The van der Waals surface area contributed by atoms with E-state index in [-0.39, 0.29) is 6.10 Å². The van der Waals surface area contributed by atoms with E-state index in [1.54, 1.807) is 0 Å². The van der Waals surface area contributed by atoms with Crippen molar-refractivity contribution >= 4 is 0 Å². The number of rotatable bonds is 1. The highest BCUT2D eigenvalue weighted by Gasteiger charge is 2.95. The molecular weight excluding hydrogens is 160 g/mol. The zero-order chi connectivity index (χ0) is 8.53. The second-order valence-corrected chi connectivity index (χ2v) is 5.98. The molecule has 1 N–H and O–H groups in total. The van der Waals surface area contributed by atoms with Crippen molar-refractivity contribution in [1.82, 2.24) is 0 Å². The third-order valence-corrected chi connectivity index (χ3v) is 6.27. The maximum atomic E-state index is 9.98. The first kappa shape index (κ1) is 6.23. The summed E-state index contributed by atoms with van der Waals surface area (Å²) in [5.41, 5.74) is 0.558. The number of hydrogen-bond donors (Lipinski definition) is 1. The number of allylic oxidation sites excluding steroid dienone is 1. The van der Waals surface area contributed by atoms with E-state index in [1.165, 1.54) is 0 Å². The molecule has 6 aliphatic rings. The highest BCUT2D eigenvalue weighted by molar-refractivity contribution is 5.45. The second kappa shape index (κ2) is 1.33. The van der Waals surface area contributed by atoms with Gasteiger partial charge >= 0.3 is 0 Å². The van der Waals surface area contributed by atoms with Gasteiger partial charge in [-0.05, 0) is 53.3 Å². The van der Waals surface area contributed by atoms with Crippen LogP contribution in [-0.4, -0.2) is 11.2 Å². The highest BCUT2D eigenvalue weighted by atomic mass is 16.3. The van der Waals surface area contributed by atoms with Crippen LogP contribution in [-0.2, 0) is 0 Å². The summed E-state index contributed by atoms with van der Waals surface area (Å²) in [4.78, 5) is 0. The van der Waals surface area contributed by atoms with Gasteiger partial charge in [-0.1, -0.05) is 6.08 Å². The van der Waals surface area contributed by atoms with E-state index in [1.807, 2.05) is 0 Å². The molecule has 13 heavy (non-hydrogen) atoms. The van der Waals surface area contributed by atoms with Gasteiger partial charge in [-0.25, -0.2) is 0 Å². The first-order valence-electron chi connectivity index (χ1n) is 5.64. The molecule has 1 heteroatoms. The van der Waals surface area contributed by atoms with Crippen LogP contribution >= 0.6 is 0 Å². The molecule has 2 bridgehead atoms. The van der Waals surface area contributed by atoms with Gasteiger partial charge in [0.15, 0.2) is 0 Å². The lowest BCUT2D eigenvalue weighted by atomic mass is 9.69. The second-order valence-electron chi connectivity index (χ2n) is 5.98. The number of aliphatic hydroxyl groups excluding tert-OH is 1. The molecule has 0 aromatic carbocycles. The predicted octanol–water partition coefficient (Wildman–Crippen LogP) is 1.29. The lowest BCUT2D eigenvalue weighted by molar-refractivity contribution is -0.0127. The molecule has 68 valence electrons. The standard InChI is InChI=1S/C12H14O/c1-2-12-9-4-3-5(13)7(11(9)12)8-6(4)10(8)12/h2,4-11,13H,1,3H2/t4?,5-,6?,7?,8?,9?,10?,11?,12?/m0/s1. The number of hydrogen-bond acceptors (Lipinski definition) is 1. The van der Waals surface area contributed by atoms with Crippen LogP contribution in [0.3, 0.4) is 0 Å². The van der Waals surface area contributed by atoms with Crippen molar-refractivity contribution in [3.05, 3.63) is 12.7 Å². The van der Waals surface area contributed by atoms with Crippen LogP contribution in [0.15, 0.2) is 12.7 Å². The Kier molecular flexibility index (Phi) is 0.639. The molecule has 1 nitrogen and oxygen atoms in total. The highest BCUT2D eigenvalue weighted by Crippen LogP contribution is 2.97. The fourth-order valence-electron chi connectivity index (χ4n) is 6.34. The molecule has 6 saturated carbocycles. The van der Waals surface area contributed by atoms with E-state index in [9.17, 15) is 5.11 Å². The lowest BCUT2D eigenvalue weighted by Crippen LogP contribution is -2.39. The van der Waals surface area contributed by atoms with Crippen molar-refractivity contribution < 1.29 is 5.11 Å². The Morgan fingerprint density at radius 1 is 1.15 bits per heavy atom. The Bertz CT molecular complexity index is 345. The molecule has 0 aliphatic heterocycles. The minimum atomic E-state index is 0.0572. The normalized spacial score (nSPS) is 84.1. The SMILES string of the molecule is C=CC12C3C4C5C[C@H](O)C(C43)C1C52. The van der Waals surface area contributed by atoms with Gasteiger partial charge in [0, 0.05) is 0 Å². The topological polar surface area (TPSA) is 20.2 Å². The van der Waals surface area contributed by atoms with E-state index >= 15 is 0 Å². The van der Waals surface area contributed by atoms with E-state index in [0.29, 0.717) is 11.3 Å². The third kappa shape index (κ3) is 0.342. The van der Waals surface area contributed by atoms with Crippen molar-refractivity contribution in [3.8, 4) is 0 Å². The largest absolute Gasteiger partial charge is 0.393 e. The minimum Gasteiger partial charge on any atom is -0.393 e. The quantitative estimate of drug-likeness (QED) is 0.594. The van der Waals surface area contributed by atoms with Crippen molar-refractivity contribution in [2.24, 2.45) is 46.8 Å². The molecule has 6 aliphatic carbocycles. The van der Waals surface area contributed by atoms with Crippen molar-refractivity contribution in [2.45, 2.75) is 12.5 Å². The summed E-state index contributed by atoms with van der Waals surface area (Å²) < 4.78 is 0. The number of aliphatic hydroxyl groups is 1. The molecule has 0 spiro atoms. The summed E-state index contributed by atoms with van der Waals surface area (Å²) in [5.74, 6) is 6.38. The molecule has 0 heterocycles. The average Bonchev–Trinajstić information content (AvgIpc) is 2.94. The molecular formula is C12H14O. The summed E-state index contributed by atoms with van der Waals surface area (Å²) in [7, 11) is 0. The average molecular weight is 174 g/mol. The molecule has 0 radical (unpaired) electrons. The minimum absolute atomic E-state index is 0.0572. The van der Waals surface area contributed by atoms with E-state index in [4.69, 9.17) is 0 Å². The molecule has 8 unspecified atom stereocenters. The fraction of sp³-hybridized carbons (Fsp3) is 0.833. The summed E-state index contributed by atoms with van der Waals surface area (Å²) in [6.45, 7) is 4.05. The first-order valence-corrected chi connectivity index (χ1v) is 5.64. The van der Waals surface area contributed by atoms with Gasteiger partial charge in [0.1, 0.15) is 0 Å². The number of fused-ring (bicyclic) bond motifs is 1. The smallest absolute Gasteiger partial charge is 0.0577 e. The molecule has 9 atom stereocenters. The van der Waals surface area contributed by atoms with Gasteiger partial charge in [0.25, 0.3) is 0 Å². The summed E-state index contributed by atoms with van der Waals surface area (Å²) in [5, 5.41) is 9.98. The van der Waals surface area contributed by atoms with Gasteiger partial charge in [0.05, 0.1) is 6.10 Å². The molecule has 0 saturated heterocycles. The Morgan fingerprint density at radius 2 is 2.00 bits per heavy atom. The van der Waals surface area contributed by atoms with Crippen LogP contribution in [0.5, 0.6) is 0 Å².